The van der Waals surface area contributed by atoms with Crippen molar-refractivity contribution in [2.24, 2.45) is 0 Å². The molecule has 2 atom stereocenters. The van der Waals surface area contributed by atoms with Gasteiger partial charge in [0.25, 0.3) is 0 Å². The number of ether oxygens (including phenoxy) is 2. The van der Waals surface area contributed by atoms with Gasteiger partial charge in [0.05, 0.1) is 6.61 Å². The zero-order chi connectivity index (χ0) is 22.7. The van der Waals surface area contributed by atoms with E-state index in [0.717, 1.165) is 45.5 Å². The molecule has 1 aliphatic rings. The summed E-state index contributed by atoms with van der Waals surface area (Å²) in [4.78, 5) is 28.1. The van der Waals surface area contributed by atoms with Crippen LogP contribution in [0.15, 0.2) is 42.6 Å². The molecule has 0 aliphatic carbocycles. The van der Waals surface area contributed by atoms with Crippen LogP contribution >= 0.6 is 0 Å². The molecule has 0 fully saturated rings. The Morgan fingerprint density at radius 1 is 1.25 bits per heavy atom. The Balaban J connectivity index is 1.50. The van der Waals surface area contributed by atoms with Crippen LogP contribution in [0.3, 0.4) is 0 Å². The van der Waals surface area contributed by atoms with Gasteiger partial charge in [0.1, 0.15) is 23.6 Å². The molecular weight excluding hydrogens is 406 g/mol. The molecule has 2 amide bonds. The van der Waals surface area contributed by atoms with Gasteiger partial charge in [-0.05, 0) is 37.6 Å². The number of nitrogens with one attached hydrogen (secondary N) is 3. The van der Waals surface area contributed by atoms with Crippen LogP contribution < -0.4 is 20.1 Å². The predicted molar refractivity (Wildman–Crippen MR) is 123 cm³/mol. The fourth-order valence-electron chi connectivity index (χ4n) is 4.19. The van der Waals surface area contributed by atoms with E-state index in [1.165, 1.54) is 6.92 Å². The highest BCUT2D eigenvalue weighted by Crippen LogP contribution is 2.35. The first-order valence-corrected chi connectivity index (χ1v) is 11.0. The first kappa shape index (κ1) is 21.7. The van der Waals surface area contributed by atoms with Crippen molar-refractivity contribution in [3.63, 3.8) is 0 Å². The van der Waals surface area contributed by atoms with E-state index in [1.807, 2.05) is 56.4 Å². The topological polar surface area (TPSA) is 92.5 Å². The van der Waals surface area contributed by atoms with Gasteiger partial charge in [-0.1, -0.05) is 18.2 Å². The molecule has 0 spiro atoms. The molecular formula is C25H29N3O4. The van der Waals surface area contributed by atoms with Crippen LogP contribution in [0.1, 0.15) is 37.5 Å². The quantitative estimate of drug-likeness (QED) is 0.506. The number of para-hydroxylation sites is 1. The molecule has 0 unspecified atom stereocenters. The molecule has 7 nitrogen and oxygen atoms in total. The lowest BCUT2D eigenvalue weighted by Gasteiger charge is -2.19. The maximum atomic E-state index is 13.1. The third kappa shape index (κ3) is 4.72. The summed E-state index contributed by atoms with van der Waals surface area (Å²) in [6.45, 7) is 6.20. The molecule has 0 saturated carbocycles. The Bertz CT molecular complexity index is 1140. The van der Waals surface area contributed by atoms with Crippen LogP contribution in [-0.2, 0) is 29.0 Å². The monoisotopic (exact) mass is 435 g/mol. The van der Waals surface area contributed by atoms with E-state index in [4.69, 9.17) is 9.47 Å². The first-order valence-electron chi connectivity index (χ1n) is 11.0. The predicted octanol–water partition coefficient (Wildman–Crippen LogP) is 3.25. The number of hydrogen-bond acceptors (Lipinski definition) is 4. The van der Waals surface area contributed by atoms with Crippen molar-refractivity contribution in [1.29, 1.82) is 0 Å². The number of amides is 2. The van der Waals surface area contributed by atoms with E-state index < -0.39 is 6.04 Å². The van der Waals surface area contributed by atoms with Crippen molar-refractivity contribution in [2.45, 2.75) is 52.3 Å². The van der Waals surface area contributed by atoms with Gasteiger partial charge >= 0.3 is 0 Å². The van der Waals surface area contributed by atoms with Crippen LogP contribution in [-0.4, -0.2) is 35.6 Å². The third-order valence-electron chi connectivity index (χ3n) is 5.63. The van der Waals surface area contributed by atoms with Gasteiger partial charge < -0.3 is 25.1 Å². The number of aromatic nitrogens is 1. The number of carbonyl (C=O) groups is 2. The number of aromatic amines is 1. The molecule has 1 aliphatic heterocycles. The minimum atomic E-state index is -0.687. The number of carbonyl (C=O) groups excluding carboxylic acids is 2. The van der Waals surface area contributed by atoms with Crippen molar-refractivity contribution in [2.75, 3.05) is 6.61 Å². The van der Waals surface area contributed by atoms with Crippen molar-refractivity contribution >= 4 is 22.7 Å². The van der Waals surface area contributed by atoms with E-state index in [9.17, 15) is 9.59 Å². The summed E-state index contributed by atoms with van der Waals surface area (Å²) in [6, 6.07) is 11.2. The smallest absolute Gasteiger partial charge is 0.243 e. The van der Waals surface area contributed by atoms with Crippen LogP contribution in [0, 0.1) is 0 Å². The highest BCUT2D eigenvalue weighted by atomic mass is 16.5. The molecule has 0 bridgehead atoms. The van der Waals surface area contributed by atoms with E-state index in [0.29, 0.717) is 13.0 Å². The van der Waals surface area contributed by atoms with Gasteiger partial charge in [-0.25, -0.2) is 0 Å². The number of H-pyrrole nitrogens is 1. The molecule has 1 aromatic heterocycles. The van der Waals surface area contributed by atoms with Crippen LogP contribution in [0.25, 0.3) is 10.9 Å². The second-order valence-electron chi connectivity index (χ2n) is 8.17. The van der Waals surface area contributed by atoms with Gasteiger partial charge in [-0.15, -0.1) is 0 Å². The minimum Gasteiger partial charge on any atom is -0.494 e. The SMILES string of the molecule is CCOc1cc2c(cc1CNC(=O)[C@@H](Cc1c[nH]c3ccccc13)NC(C)=O)O[C@H](C)C2. The third-order valence-corrected chi connectivity index (χ3v) is 5.63. The molecule has 3 N–H and O–H groups in total. The van der Waals surface area contributed by atoms with Crippen molar-refractivity contribution in [3.05, 3.63) is 59.3 Å². The largest absolute Gasteiger partial charge is 0.494 e. The lowest BCUT2D eigenvalue weighted by Crippen LogP contribution is -2.47. The minimum absolute atomic E-state index is 0.129. The molecule has 2 heterocycles. The zero-order valence-electron chi connectivity index (χ0n) is 18.7. The summed E-state index contributed by atoms with van der Waals surface area (Å²) in [6.07, 6.45) is 3.25. The van der Waals surface area contributed by atoms with E-state index in [2.05, 4.69) is 15.6 Å². The van der Waals surface area contributed by atoms with Gasteiger partial charge in [0.15, 0.2) is 0 Å². The lowest BCUT2D eigenvalue weighted by molar-refractivity contribution is -0.128. The van der Waals surface area contributed by atoms with Crippen LogP contribution in [0.2, 0.25) is 0 Å². The van der Waals surface area contributed by atoms with Gasteiger partial charge in [-0.2, -0.15) is 0 Å². The number of benzene rings is 2. The fourth-order valence-corrected chi connectivity index (χ4v) is 4.19. The maximum Gasteiger partial charge on any atom is 0.243 e. The summed E-state index contributed by atoms with van der Waals surface area (Å²) >= 11 is 0. The summed E-state index contributed by atoms with van der Waals surface area (Å²) in [5.74, 6) is 1.09. The van der Waals surface area contributed by atoms with E-state index in [1.54, 1.807) is 0 Å². The molecule has 0 radical (unpaired) electrons. The second-order valence-corrected chi connectivity index (χ2v) is 8.17. The van der Waals surface area contributed by atoms with E-state index >= 15 is 0 Å². The normalized spacial score (nSPS) is 15.7. The molecule has 168 valence electrons. The van der Waals surface area contributed by atoms with Gasteiger partial charge in [0, 0.05) is 54.5 Å². The number of hydrogen-bond donors (Lipinski definition) is 3. The summed E-state index contributed by atoms with van der Waals surface area (Å²) < 4.78 is 11.7. The maximum absolute atomic E-state index is 13.1. The second kappa shape index (κ2) is 9.34. The number of fused-ring (bicyclic) bond motifs is 2. The highest BCUT2D eigenvalue weighted by Gasteiger charge is 2.24. The molecule has 4 rings (SSSR count). The average Bonchev–Trinajstić information content (AvgIpc) is 3.33. The zero-order valence-corrected chi connectivity index (χ0v) is 18.7. The number of rotatable bonds is 8. The summed E-state index contributed by atoms with van der Waals surface area (Å²) in [5.41, 5.74) is 3.94. The molecule has 0 saturated heterocycles. The standard InChI is InChI=1S/C25H29N3O4/c1-4-31-23-11-17-9-15(2)32-24(17)12-19(23)14-27-25(30)22(28-16(3)29)10-18-13-26-21-8-6-5-7-20(18)21/h5-8,11-13,15,22,26H,4,9-10,14H2,1-3H3,(H,27,30)(H,28,29)/t15-,22-/m1/s1. The van der Waals surface area contributed by atoms with Crippen molar-refractivity contribution < 1.29 is 19.1 Å². The van der Waals surface area contributed by atoms with Crippen LogP contribution in [0.4, 0.5) is 0 Å². The van der Waals surface area contributed by atoms with Gasteiger partial charge in [0.2, 0.25) is 11.8 Å². The Labute approximate surface area is 187 Å². The average molecular weight is 436 g/mol. The lowest BCUT2D eigenvalue weighted by atomic mass is 10.0. The Kier molecular flexibility index (Phi) is 6.35. The van der Waals surface area contributed by atoms with Crippen molar-refractivity contribution in [3.8, 4) is 11.5 Å². The first-order chi connectivity index (χ1) is 15.4. The van der Waals surface area contributed by atoms with E-state index in [-0.39, 0.29) is 24.5 Å². The van der Waals surface area contributed by atoms with Gasteiger partial charge in [-0.3, -0.25) is 9.59 Å². The highest BCUT2D eigenvalue weighted by molar-refractivity contribution is 5.89. The molecule has 7 heteroatoms. The molecule has 2 aromatic carbocycles. The fraction of sp³-hybridized carbons (Fsp3) is 0.360. The Morgan fingerprint density at radius 3 is 2.84 bits per heavy atom. The Morgan fingerprint density at radius 2 is 2.06 bits per heavy atom. The molecule has 32 heavy (non-hydrogen) atoms. The summed E-state index contributed by atoms with van der Waals surface area (Å²) in [7, 11) is 0. The Hall–Kier alpha value is -3.48. The molecule has 3 aromatic rings. The van der Waals surface area contributed by atoms with Crippen molar-refractivity contribution in [1.82, 2.24) is 15.6 Å². The van der Waals surface area contributed by atoms with Crippen LogP contribution in [0.5, 0.6) is 11.5 Å². The summed E-state index contributed by atoms with van der Waals surface area (Å²) in [5, 5.41) is 6.79.